The second kappa shape index (κ2) is 11.0. The van der Waals surface area contributed by atoms with Crippen LogP contribution in [-0.2, 0) is 9.84 Å². The fourth-order valence-corrected chi connectivity index (χ4v) is 1.43. The van der Waals surface area contributed by atoms with Gasteiger partial charge in [0.05, 0.1) is 6.61 Å². The van der Waals surface area contributed by atoms with Gasteiger partial charge >= 0.3 is 0 Å². The fraction of sp³-hybridized carbons (Fsp3) is 1.00. The summed E-state index contributed by atoms with van der Waals surface area (Å²) in [4.78, 5) is 0. The Kier molecular flexibility index (Phi) is 10.9. The molecule has 0 saturated heterocycles. The van der Waals surface area contributed by atoms with E-state index in [1.54, 1.807) is 0 Å². The molecule has 0 aliphatic heterocycles. The molecule has 0 rings (SSSR count). The van der Waals surface area contributed by atoms with E-state index in [9.17, 15) is 5.11 Å². The highest BCUT2D eigenvalue weighted by Crippen LogP contribution is 2.08. The lowest BCUT2D eigenvalue weighted by Gasteiger charge is -2.12. The van der Waals surface area contributed by atoms with Gasteiger partial charge in [0, 0.05) is 13.2 Å². The average Bonchev–Trinajstić information content (AvgIpc) is 2.22. The molecule has 0 aromatic rings. The zero-order chi connectivity index (χ0) is 10.6. The molecule has 0 aromatic carbocycles. The normalized spacial score (nSPS) is 11.1. The average molecular weight is 201 g/mol. The van der Waals surface area contributed by atoms with Gasteiger partial charge in [-0.25, -0.2) is 5.11 Å². The highest BCUT2D eigenvalue weighted by Gasteiger charge is 2.02. The standard InChI is InChI=1S/C12H25O2/c1-3-12(4-2)11-14-10-8-6-5-7-9-13/h12H,3-11H2,1-2H3. The first-order valence-electron chi connectivity index (χ1n) is 6.00. The van der Waals surface area contributed by atoms with Gasteiger partial charge in [0.2, 0.25) is 0 Å². The molecule has 0 bridgehead atoms. The number of hydrogen-bond donors (Lipinski definition) is 0. The Hall–Kier alpha value is -0.0800. The van der Waals surface area contributed by atoms with Crippen molar-refractivity contribution >= 4 is 0 Å². The number of hydrogen-bond acceptors (Lipinski definition) is 1. The predicted octanol–water partition coefficient (Wildman–Crippen LogP) is 3.43. The molecule has 0 fully saturated rings. The maximum Gasteiger partial charge on any atom is 0.0822 e. The third-order valence-electron chi connectivity index (χ3n) is 2.69. The molecule has 0 aromatic heterocycles. The monoisotopic (exact) mass is 201 g/mol. The third kappa shape index (κ3) is 8.52. The van der Waals surface area contributed by atoms with E-state index in [1.165, 1.54) is 12.8 Å². The minimum atomic E-state index is 0.0780. The van der Waals surface area contributed by atoms with Crippen molar-refractivity contribution in [3.05, 3.63) is 0 Å². The van der Waals surface area contributed by atoms with Gasteiger partial charge < -0.3 is 4.74 Å². The van der Waals surface area contributed by atoms with Gasteiger partial charge in [0.15, 0.2) is 0 Å². The van der Waals surface area contributed by atoms with Crippen molar-refractivity contribution in [3.63, 3.8) is 0 Å². The van der Waals surface area contributed by atoms with E-state index in [0.717, 1.165) is 44.8 Å². The van der Waals surface area contributed by atoms with Crippen molar-refractivity contribution in [1.82, 2.24) is 0 Å². The second-order valence-electron chi connectivity index (χ2n) is 3.88. The van der Waals surface area contributed by atoms with Gasteiger partial charge in [0.25, 0.3) is 0 Å². The Bertz CT molecular complexity index is 100. The van der Waals surface area contributed by atoms with Crippen LogP contribution in [0, 0.1) is 5.92 Å². The van der Waals surface area contributed by atoms with Crippen LogP contribution in [0.15, 0.2) is 0 Å². The summed E-state index contributed by atoms with van der Waals surface area (Å²) in [6.07, 6.45) is 6.58. The Morgan fingerprint density at radius 1 is 1.00 bits per heavy atom. The van der Waals surface area contributed by atoms with Crippen molar-refractivity contribution in [2.45, 2.75) is 52.4 Å². The van der Waals surface area contributed by atoms with Crippen LogP contribution in [0.1, 0.15) is 52.4 Å². The highest BCUT2D eigenvalue weighted by molar-refractivity contribution is 4.52. The van der Waals surface area contributed by atoms with Crippen LogP contribution in [0.25, 0.3) is 0 Å². The molecule has 85 valence electrons. The molecule has 0 saturated carbocycles. The predicted molar refractivity (Wildman–Crippen MR) is 58.9 cm³/mol. The molecular weight excluding hydrogens is 176 g/mol. The van der Waals surface area contributed by atoms with Gasteiger partial charge in [-0.05, 0) is 18.8 Å². The van der Waals surface area contributed by atoms with Crippen LogP contribution in [0.3, 0.4) is 0 Å². The van der Waals surface area contributed by atoms with Crippen LogP contribution in [0.2, 0.25) is 0 Å². The molecule has 0 atom stereocenters. The molecule has 0 aliphatic rings. The van der Waals surface area contributed by atoms with Crippen molar-refractivity contribution in [2.75, 3.05) is 19.8 Å². The first-order valence-corrected chi connectivity index (χ1v) is 6.00. The summed E-state index contributed by atoms with van der Waals surface area (Å²) in [7, 11) is 0. The van der Waals surface area contributed by atoms with Crippen molar-refractivity contribution < 1.29 is 9.84 Å². The van der Waals surface area contributed by atoms with E-state index in [1.807, 2.05) is 0 Å². The lowest BCUT2D eigenvalue weighted by molar-refractivity contribution is 0.0926. The number of rotatable bonds is 10. The zero-order valence-electron chi connectivity index (χ0n) is 9.76. The Morgan fingerprint density at radius 2 is 1.64 bits per heavy atom. The van der Waals surface area contributed by atoms with Crippen LogP contribution in [-0.4, -0.2) is 19.8 Å². The molecule has 0 amide bonds. The molecule has 14 heavy (non-hydrogen) atoms. The van der Waals surface area contributed by atoms with Gasteiger partial charge in [0.1, 0.15) is 0 Å². The SMILES string of the molecule is CCC(CC)COCCCCCC[O]. The summed E-state index contributed by atoms with van der Waals surface area (Å²) < 4.78 is 5.58. The lowest BCUT2D eigenvalue weighted by atomic mass is 10.1. The van der Waals surface area contributed by atoms with Crippen LogP contribution in [0.5, 0.6) is 0 Å². The van der Waals surface area contributed by atoms with Crippen LogP contribution in [0.4, 0.5) is 0 Å². The minimum Gasteiger partial charge on any atom is -0.381 e. The zero-order valence-corrected chi connectivity index (χ0v) is 9.76. The molecular formula is C12H25O2. The van der Waals surface area contributed by atoms with E-state index in [-0.39, 0.29) is 6.61 Å². The summed E-state index contributed by atoms with van der Waals surface area (Å²) in [5, 5.41) is 10.2. The van der Waals surface area contributed by atoms with Gasteiger partial charge in [-0.3, -0.25) is 0 Å². The maximum atomic E-state index is 10.2. The van der Waals surface area contributed by atoms with E-state index < -0.39 is 0 Å². The van der Waals surface area contributed by atoms with E-state index in [4.69, 9.17) is 4.74 Å². The van der Waals surface area contributed by atoms with Crippen molar-refractivity contribution in [2.24, 2.45) is 5.92 Å². The fourth-order valence-electron chi connectivity index (χ4n) is 1.43. The minimum absolute atomic E-state index is 0.0780. The summed E-state index contributed by atoms with van der Waals surface area (Å²) >= 11 is 0. The Balaban J connectivity index is 3.04. The third-order valence-corrected chi connectivity index (χ3v) is 2.69. The number of unbranched alkanes of at least 4 members (excludes halogenated alkanes) is 3. The van der Waals surface area contributed by atoms with Crippen LogP contribution < -0.4 is 0 Å². The topological polar surface area (TPSA) is 29.1 Å². The summed E-state index contributed by atoms with van der Waals surface area (Å²) in [5.74, 6) is 0.733. The molecule has 0 spiro atoms. The molecule has 0 N–H and O–H groups in total. The maximum absolute atomic E-state index is 10.2. The molecule has 0 unspecified atom stereocenters. The molecule has 0 aliphatic carbocycles. The molecule has 1 radical (unpaired) electrons. The first-order chi connectivity index (χ1) is 6.85. The smallest absolute Gasteiger partial charge is 0.0822 e. The number of ether oxygens (including phenoxy) is 1. The quantitative estimate of drug-likeness (QED) is 0.498. The second-order valence-corrected chi connectivity index (χ2v) is 3.88. The Labute approximate surface area is 88.7 Å². The first kappa shape index (κ1) is 13.9. The lowest BCUT2D eigenvalue weighted by Crippen LogP contribution is -2.08. The van der Waals surface area contributed by atoms with Crippen LogP contribution >= 0.6 is 0 Å². The highest BCUT2D eigenvalue weighted by atomic mass is 16.5. The summed E-state index contributed by atoms with van der Waals surface area (Å²) in [6.45, 7) is 6.29. The molecule has 0 heterocycles. The van der Waals surface area contributed by atoms with Crippen molar-refractivity contribution in [3.8, 4) is 0 Å². The van der Waals surface area contributed by atoms with E-state index in [0.29, 0.717) is 0 Å². The Morgan fingerprint density at radius 3 is 2.21 bits per heavy atom. The largest absolute Gasteiger partial charge is 0.381 e. The molecule has 2 nitrogen and oxygen atoms in total. The van der Waals surface area contributed by atoms with Gasteiger partial charge in [-0.2, -0.15) is 0 Å². The van der Waals surface area contributed by atoms with E-state index in [2.05, 4.69) is 13.8 Å². The summed E-state index contributed by atoms with van der Waals surface area (Å²) in [6, 6.07) is 0. The van der Waals surface area contributed by atoms with Gasteiger partial charge in [-0.1, -0.05) is 39.5 Å². The summed E-state index contributed by atoms with van der Waals surface area (Å²) in [5.41, 5.74) is 0. The van der Waals surface area contributed by atoms with Crippen molar-refractivity contribution in [1.29, 1.82) is 0 Å². The van der Waals surface area contributed by atoms with E-state index >= 15 is 0 Å². The molecule has 2 heteroatoms. The van der Waals surface area contributed by atoms with Gasteiger partial charge in [-0.15, -0.1) is 0 Å².